The van der Waals surface area contributed by atoms with Gasteiger partial charge in [0.25, 0.3) is 0 Å². The van der Waals surface area contributed by atoms with Gasteiger partial charge in [0.15, 0.2) is 0 Å². The predicted octanol–water partition coefficient (Wildman–Crippen LogP) is 0.710. The molecule has 0 aliphatic heterocycles. The van der Waals surface area contributed by atoms with Crippen molar-refractivity contribution < 1.29 is 9.18 Å². The third-order valence-electron chi connectivity index (χ3n) is 0.352. The van der Waals surface area contributed by atoms with Crippen LogP contribution in [0.4, 0.5) is 4.39 Å². The zero-order valence-corrected chi connectivity index (χ0v) is 3.70. The van der Waals surface area contributed by atoms with Gasteiger partial charge in [-0.2, -0.15) is 0 Å². The van der Waals surface area contributed by atoms with E-state index < -0.39 is 0 Å². The first-order valence-corrected chi connectivity index (χ1v) is 1.70. The Morgan fingerprint density at radius 3 is 2.57 bits per heavy atom. The Bertz CT molecular complexity index is 118. The molecule has 0 saturated heterocycles. The van der Waals surface area contributed by atoms with E-state index in [0.29, 0.717) is 0 Å². The first-order valence-electron chi connectivity index (χ1n) is 1.70. The van der Waals surface area contributed by atoms with Gasteiger partial charge in [-0.25, -0.2) is 0 Å². The van der Waals surface area contributed by atoms with Crippen LogP contribution in [-0.2, 0) is 4.79 Å². The summed E-state index contributed by atoms with van der Waals surface area (Å²) in [6, 6.07) is 0. The van der Waals surface area contributed by atoms with Crippen LogP contribution in [0, 0.1) is 19.0 Å². The smallest absolute Gasteiger partial charge is 0.145 e. The molecule has 0 saturated carbocycles. The Morgan fingerprint density at radius 2 is 2.43 bits per heavy atom. The summed E-state index contributed by atoms with van der Waals surface area (Å²) in [5, 5.41) is 0. The van der Waals surface area contributed by atoms with Crippen LogP contribution in [0.15, 0.2) is 0 Å². The Labute approximate surface area is 41.5 Å². The van der Waals surface area contributed by atoms with Gasteiger partial charge in [-0.15, -0.1) is 4.39 Å². The summed E-state index contributed by atoms with van der Waals surface area (Å²) in [4.78, 5) is 9.82. The van der Waals surface area contributed by atoms with Gasteiger partial charge < -0.3 is 0 Å². The Balaban J connectivity index is 3.26. The number of hydrogen-bond donors (Lipinski definition) is 0. The molecule has 0 heterocycles. The fraction of sp³-hybridized carbons (Fsp3) is 0.200. The molecular formula is C5H4FO. The lowest BCUT2D eigenvalue weighted by atomic mass is 10.3. The van der Waals surface area contributed by atoms with E-state index in [-0.39, 0.29) is 12.2 Å². The van der Waals surface area contributed by atoms with E-state index in [0.717, 1.165) is 6.17 Å². The first kappa shape index (κ1) is 6.16. The molecule has 2 heteroatoms. The van der Waals surface area contributed by atoms with Gasteiger partial charge in [-0.1, -0.05) is 5.92 Å². The molecule has 0 atom stereocenters. The molecule has 0 aliphatic carbocycles. The van der Waals surface area contributed by atoms with Crippen LogP contribution in [0.1, 0.15) is 6.42 Å². The molecule has 0 aliphatic rings. The number of rotatable bonds is 1. The number of carbonyl (C=O) groups is 1. The predicted molar refractivity (Wildman–Crippen MR) is 23.9 cm³/mol. The maximum atomic E-state index is 10.8. The third-order valence-corrected chi connectivity index (χ3v) is 0.352. The van der Waals surface area contributed by atoms with Gasteiger partial charge in [0.1, 0.15) is 12.0 Å². The second-order valence-corrected chi connectivity index (χ2v) is 0.987. The largest absolute Gasteiger partial charge is 0.299 e. The second-order valence-electron chi connectivity index (χ2n) is 0.987. The van der Waals surface area contributed by atoms with E-state index in [2.05, 4.69) is 6.92 Å². The highest BCUT2D eigenvalue weighted by atomic mass is 19.1. The maximum absolute atomic E-state index is 10.8. The quantitative estimate of drug-likeness (QED) is 0.442. The normalized spacial score (nSPS) is 6.57. The minimum Gasteiger partial charge on any atom is -0.299 e. The molecule has 0 rings (SSSR count). The van der Waals surface area contributed by atoms with Crippen molar-refractivity contribution in [3.05, 3.63) is 6.92 Å². The summed E-state index contributed by atoms with van der Waals surface area (Å²) in [6.07, 6.45) is 1.00. The van der Waals surface area contributed by atoms with Crippen molar-refractivity contribution in [2.75, 3.05) is 0 Å². The lowest BCUT2D eigenvalue weighted by Crippen LogP contribution is -1.83. The average Bonchev–Trinajstić information content (AvgIpc) is 1.61. The molecule has 37 valence electrons. The summed E-state index contributed by atoms with van der Waals surface area (Å²) >= 11 is 0. The summed E-state index contributed by atoms with van der Waals surface area (Å²) in [7, 11) is 0. The molecule has 0 fully saturated rings. The number of carbonyl (C=O) groups excluding carboxylic acids is 1. The summed E-state index contributed by atoms with van der Waals surface area (Å²) < 4.78 is 10.8. The average molecular weight is 99.1 g/mol. The fourth-order valence-corrected chi connectivity index (χ4v) is 0.132. The van der Waals surface area contributed by atoms with Crippen LogP contribution in [0.25, 0.3) is 0 Å². The SMILES string of the molecule is [CH2]C(=O)CC#CF. The van der Waals surface area contributed by atoms with E-state index in [4.69, 9.17) is 0 Å². The monoisotopic (exact) mass is 99.0 g/mol. The van der Waals surface area contributed by atoms with Gasteiger partial charge in [-0.05, 0) is 0 Å². The molecule has 0 N–H and O–H groups in total. The van der Waals surface area contributed by atoms with E-state index >= 15 is 0 Å². The Hall–Kier alpha value is -0.840. The van der Waals surface area contributed by atoms with Crippen LogP contribution < -0.4 is 0 Å². The number of hydrogen-bond acceptors (Lipinski definition) is 1. The fourth-order valence-electron chi connectivity index (χ4n) is 0.132. The minimum absolute atomic E-state index is 0.0868. The van der Waals surface area contributed by atoms with Crippen molar-refractivity contribution >= 4 is 5.78 Å². The van der Waals surface area contributed by atoms with E-state index in [1.165, 1.54) is 0 Å². The Kier molecular flexibility index (Phi) is 2.95. The van der Waals surface area contributed by atoms with Crippen molar-refractivity contribution in [3.8, 4) is 12.1 Å². The lowest BCUT2D eigenvalue weighted by molar-refractivity contribution is -0.113. The third kappa shape index (κ3) is 5.16. The van der Waals surface area contributed by atoms with Gasteiger partial charge in [0, 0.05) is 6.92 Å². The molecule has 1 nitrogen and oxygen atoms in total. The molecule has 7 heavy (non-hydrogen) atoms. The van der Waals surface area contributed by atoms with Crippen LogP contribution >= 0.6 is 0 Å². The zero-order chi connectivity index (χ0) is 5.70. The summed E-state index contributed by atoms with van der Waals surface area (Å²) in [6.45, 7) is 2.97. The van der Waals surface area contributed by atoms with E-state index in [1.807, 2.05) is 5.92 Å². The molecular weight excluding hydrogens is 95.1 g/mol. The van der Waals surface area contributed by atoms with Crippen molar-refractivity contribution in [2.24, 2.45) is 0 Å². The molecule has 0 aromatic heterocycles. The lowest BCUT2D eigenvalue weighted by Gasteiger charge is -1.72. The topological polar surface area (TPSA) is 17.1 Å². The van der Waals surface area contributed by atoms with Crippen LogP contribution in [0.3, 0.4) is 0 Å². The maximum Gasteiger partial charge on any atom is 0.145 e. The van der Waals surface area contributed by atoms with Crippen molar-refractivity contribution in [1.82, 2.24) is 0 Å². The van der Waals surface area contributed by atoms with E-state index in [9.17, 15) is 9.18 Å². The molecule has 0 aromatic carbocycles. The number of halogens is 1. The Morgan fingerprint density at radius 1 is 1.86 bits per heavy atom. The van der Waals surface area contributed by atoms with Crippen LogP contribution in [0.5, 0.6) is 0 Å². The molecule has 1 radical (unpaired) electrons. The molecule has 0 spiro atoms. The molecule has 0 unspecified atom stereocenters. The van der Waals surface area contributed by atoms with Gasteiger partial charge in [0.2, 0.25) is 0 Å². The van der Waals surface area contributed by atoms with Crippen molar-refractivity contribution in [3.63, 3.8) is 0 Å². The number of ketones is 1. The van der Waals surface area contributed by atoms with Gasteiger partial charge in [-0.3, -0.25) is 4.79 Å². The minimum atomic E-state index is -0.356. The molecule has 0 amide bonds. The standard InChI is InChI=1S/C5H4FO/c1-5(7)3-2-4-6/h1,3H2. The highest BCUT2D eigenvalue weighted by Crippen LogP contribution is 1.74. The van der Waals surface area contributed by atoms with Crippen molar-refractivity contribution in [1.29, 1.82) is 0 Å². The van der Waals surface area contributed by atoms with E-state index in [1.54, 1.807) is 0 Å². The molecule has 0 bridgehead atoms. The van der Waals surface area contributed by atoms with Gasteiger partial charge >= 0.3 is 0 Å². The number of Topliss-reactive ketones (excluding diaryl/α,β-unsaturated/α-hetero) is 1. The highest BCUT2D eigenvalue weighted by Gasteiger charge is 1.82. The summed E-state index contributed by atoms with van der Waals surface area (Å²) in [5.41, 5.74) is 0. The van der Waals surface area contributed by atoms with Gasteiger partial charge in [0.05, 0.1) is 6.42 Å². The van der Waals surface area contributed by atoms with Crippen LogP contribution in [-0.4, -0.2) is 5.78 Å². The molecule has 0 aromatic rings. The van der Waals surface area contributed by atoms with Crippen LogP contribution in [0.2, 0.25) is 0 Å². The highest BCUT2D eigenvalue weighted by molar-refractivity contribution is 5.84. The second kappa shape index (κ2) is 3.35. The van der Waals surface area contributed by atoms with Crippen molar-refractivity contribution in [2.45, 2.75) is 6.42 Å². The zero-order valence-electron chi connectivity index (χ0n) is 3.70. The summed E-state index contributed by atoms with van der Waals surface area (Å²) in [5.74, 6) is 1.56. The first-order chi connectivity index (χ1) is 3.27.